The monoisotopic (exact) mass is 196 g/mol. The summed E-state index contributed by atoms with van der Waals surface area (Å²) in [7, 11) is 0. The Bertz CT molecular complexity index is 405. The molecule has 0 heterocycles. The predicted octanol–water partition coefficient (Wildman–Crippen LogP) is 4.37. The van der Waals surface area contributed by atoms with Gasteiger partial charge in [-0.05, 0) is 30.9 Å². The summed E-state index contributed by atoms with van der Waals surface area (Å²) in [5.41, 5.74) is 4.17. The summed E-state index contributed by atoms with van der Waals surface area (Å²) in [4.78, 5) is 0. The molecule has 0 radical (unpaired) electrons. The van der Waals surface area contributed by atoms with Gasteiger partial charge in [0.2, 0.25) is 0 Å². The molecule has 0 N–H and O–H groups in total. The number of hydrogen-bond acceptors (Lipinski definition) is 0. The molecular formula is C15H16. The van der Waals surface area contributed by atoms with E-state index < -0.39 is 0 Å². The third-order valence-corrected chi connectivity index (χ3v) is 2.68. The number of hydrogen-bond donors (Lipinski definition) is 0. The molecule has 0 bridgehead atoms. The van der Waals surface area contributed by atoms with Gasteiger partial charge < -0.3 is 0 Å². The van der Waals surface area contributed by atoms with Crippen LogP contribution in [0.5, 0.6) is 0 Å². The molecule has 0 atom stereocenters. The lowest BCUT2D eigenvalue weighted by Gasteiger charge is -2.07. The summed E-state index contributed by atoms with van der Waals surface area (Å²) in [6, 6.07) is 10.4. The van der Waals surface area contributed by atoms with Crippen molar-refractivity contribution in [1.82, 2.24) is 0 Å². The summed E-state index contributed by atoms with van der Waals surface area (Å²) in [5, 5.41) is 0. The first-order valence-electron chi connectivity index (χ1n) is 5.44. The van der Waals surface area contributed by atoms with Gasteiger partial charge in [0.25, 0.3) is 0 Å². The highest BCUT2D eigenvalue weighted by atomic mass is 14.0. The van der Waals surface area contributed by atoms with Crippen LogP contribution in [0.25, 0.3) is 6.08 Å². The molecule has 0 nitrogen and oxygen atoms in total. The van der Waals surface area contributed by atoms with E-state index in [4.69, 9.17) is 0 Å². The molecule has 1 aromatic carbocycles. The van der Waals surface area contributed by atoms with Crippen LogP contribution in [-0.4, -0.2) is 0 Å². The highest BCUT2D eigenvalue weighted by Gasteiger charge is 1.99. The first kappa shape index (κ1) is 9.97. The minimum Gasteiger partial charge on any atom is -0.0730 e. The summed E-state index contributed by atoms with van der Waals surface area (Å²) in [6.07, 6.45) is 11.2. The SMILES string of the molecule is CC1=CC=C(C=Cc2ccccc2)CC1. The molecule has 0 saturated carbocycles. The van der Waals surface area contributed by atoms with Gasteiger partial charge in [-0.3, -0.25) is 0 Å². The average Bonchev–Trinajstić information content (AvgIpc) is 2.30. The van der Waals surface area contributed by atoms with E-state index in [1.807, 2.05) is 6.07 Å². The third kappa shape index (κ3) is 2.95. The second kappa shape index (κ2) is 4.79. The lowest BCUT2D eigenvalue weighted by molar-refractivity contribution is 0.928. The second-order valence-electron chi connectivity index (χ2n) is 4.00. The lowest BCUT2D eigenvalue weighted by Crippen LogP contribution is -1.87. The smallest absolute Gasteiger partial charge is 0.0241 e. The van der Waals surface area contributed by atoms with E-state index in [1.54, 1.807) is 0 Å². The molecule has 0 aliphatic heterocycles. The topological polar surface area (TPSA) is 0 Å². The summed E-state index contributed by atoms with van der Waals surface area (Å²) in [5.74, 6) is 0. The Balaban J connectivity index is 2.07. The number of rotatable bonds is 2. The van der Waals surface area contributed by atoms with Crippen LogP contribution in [0.4, 0.5) is 0 Å². The van der Waals surface area contributed by atoms with Crippen molar-refractivity contribution in [2.24, 2.45) is 0 Å². The molecule has 0 aromatic heterocycles. The summed E-state index contributed by atoms with van der Waals surface area (Å²) >= 11 is 0. The molecule has 1 aromatic rings. The fourth-order valence-electron chi connectivity index (χ4n) is 1.66. The third-order valence-electron chi connectivity index (χ3n) is 2.68. The van der Waals surface area contributed by atoms with Gasteiger partial charge >= 0.3 is 0 Å². The average molecular weight is 196 g/mol. The highest BCUT2D eigenvalue weighted by Crippen LogP contribution is 2.19. The Morgan fingerprint density at radius 3 is 2.40 bits per heavy atom. The molecule has 1 aliphatic carbocycles. The van der Waals surface area contributed by atoms with E-state index in [-0.39, 0.29) is 0 Å². The van der Waals surface area contributed by atoms with Crippen molar-refractivity contribution in [2.75, 3.05) is 0 Å². The molecule has 2 rings (SSSR count). The lowest BCUT2D eigenvalue weighted by atomic mass is 9.99. The van der Waals surface area contributed by atoms with E-state index in [1.165, 1.54) is 29.6 Å². The maximum absolute atomic E-state index is 2.22. The van der Waals surface area contributed by atoms with Crippen molar-refractivity contribution >= 4 is 6.08 Å². The van der Waals surface area contributed by atoms with Crippen molar-refractivity contribution in [3.63, 3.8) is 0 Å². The molecular weight excluding hydrogens is 180 g/mol. The van der Waals surface area contributed by atoms with E-state index in [0.717, 1.165) is 0 Å². The Labute approximate surface area is 91.6 Å². The van der Waals surface area contributed by atoms with E-state index >= 15 is 0 Å². The van der Waals surface area contributed by atoms with Gasteiger partial charge in [0, 0.05) is 0 Å². The highest BCUT2D eigenvalue weighted by molar-refractivity contribution is 5.53. The molecule has 1 aliphatic rings. The Morgan fingerprint density at radius 2 is 1.73 bits per heavy atom. The van der Waals surface area contributed by atoms with Gasteiger partial charge in [0.05, 0.1) is 0 Å². The molecule has 0 fully saturated rings. The van der Waals surface area contributed by atoms with Crippen molar-refractivity contribution in [3.05, 3.63) is 65.3 Å². The minimum absolute atomic E-state index is 1.17. The molecule has 76 valence electrons. The minimum atomic E-state index is 1.17. The molecule has 0 saturated heterocycles. The van der Waals surface area contributed by atoms with Crippen LogP contribution in [0, 0.1) is 0 Å². The van der Waals surface area contributed by atoms with Gasteiger partial charge in [-0.1, -0.05) is 60.2 Å². The van der Waals surface area contributed by atoms with Crippen LogP contribution in [-0.2, 0) is 0 Å². The Morgan fingerprint density at radius 1 is 0.933 bits per heavy atom. The van der Waals surface area contributed by atoms with Crippen LogP contribution >= 0.6 is 0 Å². The zero-order valence-corrected chi connectivity index (χ0v) is 9.11. The number of benzene rings is 1. The Kier molecular flexibility index (Phi) is 3.18. The maximum Gasteiger partial charge on any atom is -0.0241 e. The zero-order valence-electron chi connectivity index (χ0n) is 9.11. The predicted molar refractivity (Wildman–Crippen MR) is 66.6 cm³/mol. The van der Waals surface area contributed by atoms with Crippen molar-refractivity contribution in [3.8, 4) is 0 Å². The molecule has 0 spiro atoms. The van der Waals surface area contributed by atoms with Crippen molar-refractivity contribution in [2.45, 2.75) is 19.8 Å². The standard InChI is InChI=1S/C15H16/c1-13-7-9-15(10-8-13)12-11-14-5-3-2-4-6-14/h2-7,9,11-12H,8,10H2,1H3. The summed E-state index contributed by atoms with van der Waals surface area (Å²) < 4.78 is 0. The van der Waals surface area contributed by atoms with Crippen LogP contribution in [0.3, 0.4) is 0 Å². The molecule has 15 heavy (non-hydrogen) atoms. The van der Waals surface area contributed by atoms with Gasteiger partial charge in [-0.15, -0.1) is 0 Å². The Hall–Kier alpha value is -1.56. The summed E-state index contributed by atoms with van der Waals surface area (Å²) in [6.45, 7) is 2.19. The van der Waals surface area contributed by atoms with Crippen LogP contribution < -0.4 is 0 Å². The number of allylic oxidation sites excluding steroid dienone is 5. The van der Waals surface area contributed by atoms with Crippen molar-refractivity contribution < 1.29 is 0 Å². The van der Waals surface area contributed by atoms with E-state index in [9.17, 15) is 0 Å². The first-order chi connectivity index (χ1) is 7.34. The largest absolute Gasteiger partial charge is 0.0730 e. The molecule has 0 unspecified atom stereocenters. The van der Waals surface area contributed by atoms with Gasteiger partial charge in [-0.25, -0.2) is 0 Å². The zero-order chi connectivity index (χ0) is 10.5. The maximum atomic E-state index is 2.22. The second-order valence-corrected chi connectivity index (χ2v) is 4.00. The fourth-order valence-corrected chi connectivity index (χ4v) is 1.66. The van der Waals surface area contributed by atoms with Crippen LogP contribution in [0.1, 0.15) is 25.3 Å². The normalized spacial score (nSPS) is 16.3. The van der Waals surface area contributed by atoms with Gasteiger partial charge in [0.1, 0.15) is 0 Å². The van der Waals surface area contributed by atoms with Crippen LogP contribution in [0.15, 0.2) is 59.7 Å². The fraction of sp³-hybridized carbons (Fsp3) is 0.200. The van der Waals surface area contributed by atoms with Gasteiger partial charge in [-0.2, -0.15) is 0 Å². The van der Waals surface area contributed by atoms with E-state index in [2.05, 4.69) is 55.5 Å². The molecule has 0 heteroatoms. The van der Waals surface area contributed by atoms with Crippen LogP contribution in [0.2, 0.25) is 0 Å². The quantitative estimate of drug-likeness (QED) is 0.659. The van der Waals surface area contributed by atoms with Gasteiger partial charge in [0.15, 0.2) is 0 Å². The first-order valence-corrected chi connectivity index (χ1v) is 5.44. The van der Waals surface area contributed by atoms with E-state index in [0.29, 0.717) is 0 Å². The van der Waals surface area contributed by atoms with Crippen molar-refractivity contribution in [1.29, 1.82) is 0 Å². The molecule has 0 amide bonds.